The molecule has 0 saturated carbocycles. The molecule has 3 aromatic heterocycles. The van der Waals surface area contributed by atoms with E-state index in [0.29, 0.717) is 11.5 Å². The summed E-state index contributed by atoms with van der Waals surface area (Å²) in [6.45, 7) is 3.12. The summed E-state index contributed by atoms with van der Waals surface area (Å²) < 4.78 is 7.16. The van der Waals surface area contributed by atoms with Crippen LogP contribution in [0.5, 0.6) is 0 Å². The third kappa shape index (κ3) is 4.32. The van der Waals surface area contributed by atoms with E-state index >= 15 is 0 Å². The zero-order chi connectivity index (χ0) is 21.0. The van der Waals surface area contributed by atoms with Crippen LogP contribution in [0.25, 0.3) is 16.3 Å². The molecule has 1 aliphatic rings. The third-order valence-electron chi connectivity index (χ3n) is 4.95. The van der Waals surface area contributed by atoms with Crippen LogP contribution < -0.4 is 10.2 Å². The third-order valence-corrected chi connectivity index (χ3v) is 5.84. The van der Waals surface area contributed by atoms with Gasteiger partial charge in [0.05, 0.1) is 37.0 Å². The molecule has 156 valence electrons. The standard InChI is InChI=1S/C22H20N6O2S/c29-21(26-20-7-6-18(13-23-20)27-8-10-30-11-9-27)19-15-31-22(25-19)16-12-24-28(14-16)17-4-2-1-3-5-17/h1-7,12-15H,8-11H2,(H,23,26,29). The topological polar surface area (TPSA) is 85.2 Å². The largest absolute Gasteiger partial charge is 0.378 e. The van der Waals surface area contributed by atoms with E-state index in [-0.39, 0.29) is 5.91 Å². The van der Waals surface area contributed by atoms with Gasteiger partial charge < -0.3 is 15.0 Å². The molecule has 1 aromatic carbocycles. The number of hydrogen-bond acceptors (Lipinski definition) is 7. The smallest absolute Gasteiger partial charge is 0.276 e. The average molecular weight is 433 g/mol. The zero-order valence-corrected chi connectivity index (χ0v) is 17.5. The van der Waals surface area contributed by atoms with E-state index in [2.05, 4.69) is 25.3 Å². The van der Waals surface area contributed by atoms with E-state index in [9.17, 15) is 4.79 Å². The van der Waals surface area contributed by atoms with Crippen LogP contribution in [0.2, 0.25) is 0 Å². The molecule has 0 spiro atoms. The van der Waals surface area contributed by atoms with Crippen LogP contribution in [0.4, 0.5) is 11.5 Å². The number of carbonyl (C=O) groups excluding carboxylic acids is 1. The van der Waals surface area contributed by atoms with Crippen molar-refractivity contribution in [3.8, 4) is 16.3 Å². The molecule has 4 heterocycles. The minimum absolute atomic E-state index is 0.287. The normalized spacial score (nSPS) is 13.9. The van der Waals surface area contributed by atoms with Crippen LogP contribution >= 0.6 is 11.3 Å². The van der Waals surface area contributed by atoms with Crippen molar-refractivity contribution in [2.75, 3.05) is 36.5 Å². The highest BCUT2D eigenvalue weighted by Gasteiger charge is 2.15. The van der Waals surface area contributed by atoms with Gasteiger partial charge in [0.25, 0.3) is 5.91 Å². The van der Waals surface area contributed by atoms with Crippen LogP contribution in [-0.4, -0.2) is 52.0 Å². The van der Waals surface area contributed by atoms with Crippen molar-refractivity contribution in [3.63, 3.8) is 0 Å². The number of rotatable bonds is 5. The van der Waals surface area contributed by atoms with Gasteiger partial charge in [0.2, 0.25) is 0 Å². The van der Waals surface area contributed by atoms with Crippen molar-refractivity contribution >= 4 is 28.7 Å². The maximum Gasteiger partial charge on any atom is 0.276 e. The molecular formula is C22H20N6O2S. The second-order valence-electron chi connectivity index (χ2n) is 7.00. The second-order valence-corrected chi connectivity index (χ2v) is 7.86. The molecule has 1 aliphatic heterocycles. The van der Waals surface area contributed by atoms with Gasteiger partial charge in [0, 0.05) is 30.2 Å². The number of nitrogens with one attached hydrogen (secondary N) is 1. The monoisotopic (exact) mass is 432 g/mol. The maximum atomic E-state index is 12.6. The fourth-order valence-corrected chi connectivity index (χ4v) is 4.09. The van der Waals surface area contributed by atoms with Crippen molar-refractivity contribution in [2.24, 2.45) is 0 Å². The number of aromatic nitrogens is 4. The summed E-state index contributed by atoms with van der Waals surface area (Å²) in [4.78, 5) is 23.7. The predicted octanol–water partition coefficient (Wildman–Crippen LogP) is 3.48. The lowest BCUT2D eigenvalue weighted by Gasteiger charge is -2.28. The first-order valence-electron chi connectivity index (χ1n) is 9.92. The van der Waals surface area contributed by atoms with Crippen molar-refractivity contribution in [3.05, 3.63) is 72.1 Å². The van der Waals surface area contributed by atoms with Gasteiger partial charge in [-0.15, -0.1) is 11.3 Å². The first-order chi connectivity index (χ1) is 15.3. The average Bonchev–Trinajstić information content (AvgIpc) is 3.51. The fraction of sp³-hybridized carbons (Fsp3) is 0.182. The Morgan fingerprint density at radius 2 is 1.87 bits per heavy atom. The molecule has 0 atom stereocenters. The number of para-hydroxylation sites is 1. The summed E-state index contributed by atoms with van der Waals surface area (Å²) in [6, 6.07) is 13.6. The first-order valence-corrected chi connectivity index (χ1v) is 10.8. The van der Waals surface area contributed by atoms with E-state index in [1.165, 1.54) is 11.3 Å². The highest BCUT2D eigenvalue weighted by atomic mass is 32.1. The van der Waals surface area contributed by atoms with E-state index in [0.717, 1.165) is 48.2 Å². The molecule has 8 nitrogen and oxygen atoms in total. The highest BCUT2D eigenvalue weighted by molar-refractivity contribution is 7.13. The summed E-state index contributed by atoms with van der Waals surface area (Å²) >= 11 is 1.41. The van der Waals surface area contributed by atoms with Gasteiger partial charge >= 0.3 is 0 Å². The van der Waals surface area contributed by atoms with Crippen molar-refractivity contribution < 1.29 is 9.53 Å². The Kier molecular flexibility index (Phi) is 5.42. The maximum absolute atomic E-state index is 12.6. The Labute approximate surface area is 183 Å². The number of amides is 1. The number of carbonyl (C=O) groups is 1. The van der Waals surface area contributed by atoms with Gasteiger partial charge in [-0.2, -0.15) is 5.10 Å². The summed E-state index contributed by atoms with van der Waals surface area (Å²) in [7, 11) is 0. The number of hydrogen-bond donors (Lipinski definition) is 1. The number of benzene rings is 1. The molecular weight excluding hydrogens is 412 g/mol. The molecule has 9 heteroatoms. The quantitative estimate of drug-likeness (QED) is 0.520. The molecule has 0 radical (unpaired) electrons. The van der Waals surface area contributed by atoms with Crippen LogP contribution in [0.1, 0.15) is 10.5 Å². The lowest BCUT2D eigenvalue weighted by atomic mass is 10.3. The fourth-order valence-electron chi connectivity index (χ4n) is 3.31. The lowest BCUT2D eigenvalue weighted by Crippen LogP contribution is -2.36. The van der Waals surface area contributed by atoms with Gasteiger partial charge in [0.1, 0.15) is 16.5 Å². The Morgan fingerprint density at radius 3 is 2.65 bits per heavy atom. The molecule has 0 bridgehead atoms. The molecule has 1 saturated heterocycles. The number of ether oxygens (including phenoxy) is 1. The predicted molar refractivity (Wildman–Crippen MR) is 120 cm³/mol. The number of nitrogens with zero attached hydrogens (tertiary/aromatic N) is 5. The van der Waals surface area contributed by atoms with Crippen molar-refractivity contribution in [1.29, 1.82) is 0 Å². The van der Waals surface area contributed by atoms with Crippen molar-refractivity contribution in [1.82, 2.24) is 19.7 Å². The molecule has 4 aromatic rings. The van der Waals surface area contributed by atoms with E-state index < -0.39 is 0 Å². The molecule has 1 N–H and O–H groups in total. The minimum Gasteiger partial charge on any atom is -0.378 e. The number of morpholine rings is 1. The number of thiazole rings is 1. The van der Waals surface area contributed by atoms with Crippen LogP contribution in [0.3, 0.4) is 0 Å². The van der Waals surface area contributed by atoms with Crippen LogP contribution in [-0.2, 0) is 4.74 Å². The molecule has 0 unspecified atom stereocenters. The van der Waals surface area contributed by atoms with Gasteiger partial charge in [-0.05, 0) is 24.3 Å². The number of pyridine rings is 1. The molecule has 1 amide bonds. The second kappa shape index (κ2) is 8.66. The lowest BCUT2D eigenvalue weighted by molar-refractivity contribution is 0.102. The Bertz CT molecular complexity index is 1170. The molecule has 5 rings (SSSR count). The Balaban J connectivity index is 1.26. The summed E-state index contributed by atoms with van der Waals surface area (Å²) in [5, 5.41) is 9.69. The van der Waals surface area contributed by atoms with Crippen LogP contribution in [0, 0.1) is 0 Å². The highest BCUT2D eigenvalue weighted by Crippen LogP contribution is 2.25. The summed E-state index contributed by atoms with van der Waals surface area (Å²) in [6.07, 6.45) is 5.42. The van der Waals surface area contributed by atoms with E-state index in [4.69, 9.17) is 4.74 Å². The molecule has 1 fully saturated rings. The summed E-state index contributed by atoms with van der Waals surface area (Å²) in [5.41, 5.74) is 3.20. The SMILES string of the molecule is O=C(Nc1ccc(N2CCOCC2)cn1)c1csc(-c2cnn(-c3ccccc3)c2)n1. The van der Waals surface area contributed by atoms with Crippen LogP contribution in [0.15, 0.2) is 66.4 Å². The Hall–Kier alpha value is -3.56. The van der Waals surface area contributed by atoms with E-state index in [1.54, 1.807) is 28.5 Å². The van der Waals surface area contributed by atoms with E-state index in [1.807, 2.05) is 42.6 Å². The molecule has 31 heavy (non-hydrogen) atoms. The van der Waals surface area contributed by atoms with Gasteiger partial charge in [-0.25, -0.2) is 14.6 Å². The first kappa shape index (κ1) is 19.4. The summed E-state index contributed by atoms with van der Waals surface area (Å²) in [5.74, 6) is 0.207. The van der Waals surface area contributed by atoms with Crippen molar-refractivity contribution in [2.45, 2.75) is 0 Å². The van der Waals surface area contributed by atoms with Gasteiger partial charge in [-0.3, -0.25) is 4.79 Å². The van der Waals surface area contributed by atoms with Gasteiger partial charge in [0.15, 0.2) is 0 Å². The molecule has 0 aliphatic carbocycles. The Morgan fingerprint density at radius 1 is 1.03 bits per heavy atom. The minimum atomic E-state index is -0.287. The number of anilines is 2. The zero-order valence-electron chi connectivity index (χ0n) is 16.6. The van der Waals surface area contributed by atoms with Gasteiger partial charge in [-0.1, -0.05) is 18.2 Å².